The lowest BCUT2D eigenvalue weighted by molar-refractivity contribution is 0.0693. The summed E-state index contributed by atoms with van der Waals surface area (Å²) < 4.78 is 0. The topological polar surface area (TPSA) is 81.0 Å². The first-order valence-corrected chi connectivity index (χ1v) is 13.2. The highest BCUT2D eigenvalue weighted by Crippen LogP contribution is 2.50. The van der Waals surface area contributed by atoms with E-state index in [9.17, 15) is 15.0 Å². The fourth-order valence-corrected chi connectivity index (χ4v) is 5.45. The van der Waals surface area contributed by atoms with Crippen molar-refractivity contribution in [3.05, 3.63) is 99.6 Å². The zero-order valence-electron chi connectivity index (χ0n) is 23.2. The largest absolute Gasteiger partial charge is 0.507 e. The summed E-state index contributed by atoms with van der Waals surface area (Å²) in [5.74, 6) is -1.48. The number of aliphatic hydroxyl groups excluding tert-OH is 1. The van der Waals surface area contributed by atoms with E-state index in [0.29, 0.717) is 5.56 Å². The molecule has 0 bridgehead atoms. The van der Waals surface area contributed by atoms with Crippen LogP contribution in [0.15, 0.2) is 60.7 Å². The lowest BCUT2D eigenvalue weighted by Gasteiger charge is -2.44. The standard InChI is InChI=1S/C33H39NO4/c1-21-7-9-23(10-8-21)20-34(6)27-19-24(18-26-30(27)33(4,5)16-15-32(26,2)3)28(35)14-12-22-11-13-25(31(37)38)29(36)17-22/h7-14,17-19,28,35-36H,15-16,20H2,1-6H3,(H,37,38). The Morgan fingerprint density at radius 1 is 1.00 bits per heavy atom. The molecule has 3 N–H and O–H groups in total. The first-order chi connectivity index (χ1) is 17.8. The van der Waals surface area contributed by atoms with Crippen LogP contribution in [0.4, 0.5) is 5.69 Å². The minimum atomic E-state index is -1.18. The highest BCUT2D eigenvalue weighted by atomic mass is 16.4. The van der Waals surface area contributed by atoms with E-state index in [4.69, 9.17) is 5.11 Å². The molecule has 0 aromatic heterocycles. The Morgan fingerprint density at radius 3 is 2.29 bits per heavy atom. The number of phenols is 1. The molecule has 1 aliphatic carbocycles. The molecule has 5 nitrogen and oxygen atoms in total. The number of hydrogen-bond acceptors (Lipinski definition) is 4. The van der Waals surface area contributed by atoms with Crippen molar-refractivity contribution in [3.8, 4) is 5.75 Å². The number of aliphatic hydroxyl groups is 1. The van der Waals surface area contributed by atoms with E-state index in [0.717, 1.165) is 30.6 Å². The van der Waals surface area contributed by atoms with E-state index in [1.165, 1.54) is 34.4 Å². The van der Waals surface area contributed by atoms with Crippen LogP contribution in [0.1, 0.15) is 90.4 Å². The summed E-state index contributed by atoms with van der Waals surface area (Å²) in [7, 11) is 2.12. The van der Waals surface area contributed by atoms with Gasteiger partial charge in [0.15, 0.2) is 0 Å². The van der Waals surface area contributed by atoms with Crippen LogP contribution in [-0.2, 0) is 17.4 Å². The van der Waals surface area contributed by atoms with Gasteiger partial charge in [0, 0.05) is 19.3 Å². The van der Waals surface area contributed by atoms with Gasteiger partial charge >= 0.3 is 5.97 Å². The van der Waals surface area contributed by atoms with Gasteiger partial charge in [-0.05, 0) is 76.6 Å². The zero-order chi connectivity index (χ0) is 27.8. The fourth-order valence-electron chi connectivity index (χ4n) is 5.45. The molecule has 1 unspecified atom stereocenters. The van der Waals surface area contributed by atoms with Gasteiger partial charge in [-0.15, -0.1) is 0 Å². The van der Waals surface area contributed by atoms with Crippen molar-refractivity contribution in [3.63, 3.8) is 0 Å². The lowest BCUT2D eigenvalue weighted by atomic mass is 9.62. The fraction of sp³-hybridized carbons (Fsp3) is 0.364. The number of anilines is 1. The predicted molar refractivity (Wildman–Crippen MR) is 154 cm³/mol. The molecule has 200 valence electrons. The van der Waals surface area contributed by atoms with E-state index in [1.807, 2.05) is 0 Å². The number of rotatable bonds is 7. The number of carboxylic acids is 1. The van der Waals surface area contributed by atoms with Crippen LogP contribution >= 0.6 is 0 Å². The average molecular weight is 514 g/mol. The maximum absolute atomic E-state index is 11.3. The summed E-state index contributed by atoms with van der Waals surface area (Å²) in [5, 5.41) is 30.4. The predicted octanol–water partition coefficient (Wildman–Crippen LogP) is 7.13. The first-order valence-electron chi connectivity index (χ1n) is 13.2. The van der Waals surface area contributed by atoms with Gasteiger partial charge in [-0.2, -0.15) is 0 Å². The summed E-state index contributed by atoms with van der Waals surface area (Å²) in [4.78, 5) is 13.5. The number of carboxylic acid groups (broad SMARTS) is 1. The lowest BCUT2D eigenvalue weighted by Crippen LogP contribution is -2.36. The maximum atomic E-state index is 11.3. The van der Waals surface area contributed by atoms with Gasteiger partial charge in [0.25, 0.3) is 0 Å². The van der Waals surface area contributed by atoms with E-state index in [1.54, 1.807) is 18.2 Å². The monoisotopic (exact) mass is 513 g/mol. The number of aromatic carboxylic acids is 1. The molecule has 0 saturated heterocycles. The SMILES string of the molecule is Cc1ccc(CN(C)c2cc(C(O)C=Cc3ccc(C(=O)O)c(O)c3)cc3c2C(C)(C)CCC3(C)C)cc1. The van der Waals surface area contributed by atoms with Crippen LogP contribution in [0.3, 0.4) is 0 Å². The third-order valence-electron chi connectivity index (χ3n) is 7.94. The quantitative estimate of drug-likeness (QED) is 0.313. The normalized spacial score (nSPS) is 16.7. The van der Waals surface area contributed by atoms with Crippen LogP contribution in [-0.4, -0.2) is 28.3 Å². The molecule has 0 heterocycles. The van der Waals surface area contributed by atoms with Crippen molar-refractivity contribution in [1.82, 2.24) is 0 Å². The number of aromatic hydroxyl groups is 1. The van der Waals surface area contributed by atoms with Gasteiger partial charge in [0.05, 0.1) is 6.10 Å². The second-order valence-corrected chi connectivity index (χ2v) is 12.0. The molecule has 3 aromatic rings. The molecule has 0 fully saturated rings. The number of benzene rings is 3. The van der Waals surface area contributed by atoms with Crippen molar-refractivity contribution in [2.45, 2.75) is 70.9 Å². The van der Waals surface area contributed by atoms with Crippen molar-refractivity contribution >= 4 is 17.7 Å². The molecule has 0 aliphatic heterocycles. The Bertz CT molecular complexity index is 1370. The number of fused-ring (bicyclic) bond motifs is 1. The molecule has 1 atom stereocenters. The minimum Gasteiger partial charge on any atom is -0.507 e. The van der Waals surface area contributed by atoms with Gasteiger partial charge in [0.2, 0.25) is 0 Å². The molecule has 0 radical (unpaired) electrons. The Balaban J connectivity index is 1.74. The van der Waals surface area contributed by atoms with E-state index < -0.39 is 12.1 Å². The summed E-state index contributed by atoms with van der Waals surface area (Å²) in [6, 6.07) is 17.2. The smallest absolute Gasteiger partial charge is 0.339 e. The Labute approximate surface area is 226 Å². The Kier molecular flexibility index (Phi) is 7.44. The summed E-state index contributed by atoms with van der Waals surface area (Å²) in [5.41, 5.74) is 7.47. The van der Waals surface area contributed by atoms with Gasteiger partial charge in [-0.25, -0.2) is 4.79 Å². The van der Waals surface area contributed by atoms with Crippen molar-refractivity contribution in [2.24, 2.45) is 0 Å². The minimum absolute atomic E-state index is 0.00442. The highest BCUT2D eigenvalue weighted by Gasteiger charge is 2.40. The van der Waals surface area contributed by atoms with Gasteiger partial charge in [-0.3, -0.25) is 0 Å². The summed E-state index contributed by atoms with van der Waals surface area (Å²) >= 11 is 0. The second-order valence-electron chi connectivity index (χ2n) is 12.0. The molecule has 4 rings (SSSR count). The third-order valence-corrected chi connectivity index (χ3v) is 7.94. The van der Waals surface area contributed by atoms with Crippen molar-refractivity contribution in [1.29, 1.82) is 0 Å². The Hall–Kier alpha value is -3.57. The number of nitrogens with zero attached hydrogens (tertiary/aromatic N) is 1. The molecule has 5 heteroatoms. The summed E-state index contributed by atoms with van der Waals surface area (Å²) in [6.07, 6.45) is 4.69. The van der Waals surface area contributed by atoms with Crippen molar-refractivity contribution in [2.75, 3.05) is 11.9 Å². The van der Waals surface area contributed by atoms with Crippen LogP contribution in [0.25, 0.3) is 6.08 Å². The zero-order valence-corrected chi connectivity index (χ0v) is 23.2. The average Bonchev–Trinajstić information content (AvgIpc) is 2.86. The Morgan fingerprint density at radius 2 is 1.66 bits per heavy atom. The third kappa shape index (κ3) is 5.63. The van der Waals surface area contributed by atoms with Gasteiger partial charge < -0.3 is 20.2 Å². The van der Waals surface area contributed by atoms with Crippen LogP contribution in [0.5, 0.6) is 5.75 Å². The summed E-state index contributed by atoms with van der Waals surface area (Å²) in [6.45, 7) is 12.0. The van der Waals surface area contributed by atoms with Crippen LogP contribution in [0.2, 0.25) is 0 Å². The highest BCUT2D eigenvalue weighted by molar-refractivity contribution is 5.91. The van der Waals surface area contributed by atoms with Gasteiger partial charge in [-0.1, -0.05) is 81.8 Å². The molecular weight excluding hydrogens is 474 g/mol. The molecule has 0 amide bonds. The van der Waals surface area contributed by atoms with Crippen molar-refractivity contribution < 1.29 is 20.1 Å². The second kappa shape index (κ2) is 10.3. The number of carbonyl (C=O) groups is 1. The molecule has 38 heavy (non-hydrogen) atoms. The molecule has 1 aliphatic rings. The van der Waals surface area contributed by atoms with E-state index >= 15 is 0 Å². The van der Waals surface area contributed by atoms with Crippen LogP contribution in [0, 0.1) is 6.92 Å². The van der Waals surface area contributed by atoms with E-state index in [-0.39, 0.29) is 22.1 Å². The van der Waals surface area contributed by atoms with E-state index in [2.05, 4.69) is 83.0 Å². The maximum Gasteiger partial charge on any atom is 0.339 e. The number of aryl methyl sites for hydroxylation is 1. The number of hydrogen-bond donors (Lipinski definition) is 3. The molecule has 0 saturated carbocycles. The van der Waals surface area contributed by atoms with Crippen LogP contribution < -0.4 is 4.90 Å². The first kappa shape index (κ1) is 27.5. The molecule has 0 spiro atoms. The molecular formula is C33H39NO4. The van der Waals surface area contributed by atoms with Gasteiger partial charge in [0.1, 0.15) is 11.3 Å². The molecule has 3 aromatic carbocycles.